The molecule has 0 radical (unpaired) electrons. The third-order valence-electron chi connectivity index (χ3n) is 4.69. The van der Waals surface area contributed by atoms with Crippen molar-refractivity contribution in [2.24, 2.45) is 5.10 Å². The van der Waals surface area contributed by atoms with Gasteiger partial charge in [-0.3, -0.25) is 5.01 Å². The molecule has 0 aromatic heterocycles. The summed E-state index contributed by atoms with van der Waals surface area (Å²) in [6, 6.07) is 20.2. The predicted octanol–water partition coefficient (Wildman–Crippen LogP) is 5.33. The maximum atomic E-state index is 14.4. The molecule has 0 saturated heterocycles. The second-order valence-electron chi connectivity index (χ2n) is 6.34. The van der Waals surface area contributed by atoms with Crippen LogP contribution in [0.4, 0.5) is 14.5 Å². The molecule has 27 heavy (non-hydrogen) atoms. The number of benzene rings is 3. The first-order valence-corrected chi connectivity index (χ1v) is 8.67. The van der Waals surface area contributed by atoms with Crippen LogP contribution >= 0.6 is 0 Å². The Bertz CT molecular complexity index is 968. The average Bonchev–Trinajstić information content (AvgIpc) is 3.14. The Morgan fingerprint density at radius 3 is 2.30 bits per heavy atom. The first-order chi connectivity index (χ1) is 13.2. The first-order valence-electron chi connectivity index (χ1n) is 8.67. The van der Waals surface area contributed by atoms with Gasteiger partial charge in [0.05, 0.1) is 24.6 Å². The Morgan fingerprint density at radius 2 is 1.63 bits per heavy atom. The van der Waals surface area contributed by atoms with Crippen molar-refractivity contribution in [1.82, 2.24) is 0 Å². The monoisotopic (exact) mass is 364 g/mol. The second-order valence-corrected chi connectivity index (χ2v) is 6.34. The summed E-state index contributed by atoms with van der Waals surface area (Å²) in [4.78, 5) is 0. The fourth-order valence-corrected chi connectivity index (χ4v) is 3.27. The van der Waals surface area contributed by atoms with E-state index in [1.165, 1.54) is 18.2 Å². The number of anilines is 1. The lowest BCUT2D eigenvalue weighted by atomic mass is 9.98. The van der Waals surface area contributed by atoms with Crippen molar-refractivity contribution in [2.45, 2.75) is 12.5 Å². The van der Waals surface area contributed by atoms with E-state index in [1.54, 1.807) is 42.5 Å². The molecule has 1 aliphatic heterocycles. The van der Waals surface area contributed by atoms with Crippen LogP contribution in [0.1, 0.15) is 23.6 Å². The summed E-state index contributed by atoms with van der Waals surface area (Å²) >= 11 is 0. The minimum atomic E-state index is -0.343. The SMILES string of the molecule is COc1ccc(C2=NN(c3ccccc3F)[C@@H](c3ccc(F)cc3)C2)cc1. The van der Waals surface area contributed by atoms with Gasteiger partial charge in [0.25, 0.3) is 0 Å². The van der Waals surface area contributed by atoms with E-state index in [4.69, 9.17) is 9.84 Å². The van der Waals surface area contributed by atoms with Crippen molar-refractivity contribution in [3.63, 3.8) is 0 Å². The van der Waals surface area contributed by atoms with Gasteiger partial charge < -0.3 is 4.74 Å². The van der Waals surface area contributed by atoms with Gasteiger partial charge >= 0.3 is 0 Å². The molecule has 3 aromatic rings. The van der Waals surface area contributed by atoms with E-state index in [1.807, 2.05) is 24.3 Å². The fraction of sp³-hybridized carbons (Fsp3) is 0.136. The van der Waals surface area contributed by atoms with E-state index in [0.717, 1.165) is 22.6 Å². The minimum absolute atomic E-state index is 0.209. The van der Waals surface area contributed by atoms with Gasteiger partial charge in [0.1, 0.15) is 17.4 Å². The van der Waals surface area contributed by atoms with E-state index in [2.05, 4.69) is 0 Å². The van der Waals surface area contributed by atoms with Crippen molar-refractivity contribution in [2.75, 3.05) is 12.1 Å². The first kappa shape index (κ1) is 17.2. The lowest BCUT2D eigenvalue weighted by Crippen LogP contribution is -2.19. The Kier molecular flexibility index (Phi) is 4.59. The van der Waals surface area contributed by atoms with Gasteiger partial charge in [0.15, 0.2) is 0 Å². The van der Waals surface area contributed by atoms with Gasteiger partial charge in [0.2, 0.25) is 0 Å². The summed E-state index contributed by atoms with van der Waals surface area (Å²) in [7, 11) is 1.62. The summed E-state index contributed by atoms with van der Waals surface area (Å²) in [6.45, 7) is 0. The van der Waals surface area contributed by atoms with Crippen LogP contribution in [0.2, 0.25) is 0 Å². The van der Waals surface area contributed by atoms with Crippen molar-refractivity contribution in [1.29, 1.82) is 0 Å². The third kappa shape index (κ3) is 3.40. The molecule has 0 spiro atoms. The van der Waals surface area contributed by atoms with Crippen LogP contribution in [0.25, 0.3) is 0 Å². The maximum Gasteiger partial charge on any atom is 0.148 e. The second kappa shape index (κ2) is 7.19. The molecule has 136 valence electrons. The number of hydrogen-bond donors (Lipinski definition) is 0. The van der Waals surface area contributed by atoms with E-state index in [0.29, 0.717) is 12.1 Å². The molecule has 0 amide bonds. The van der Waals surface area contributed by atoms with Crippen molar-refractivity contribution in [3.05, 3.63) is 95.6 Å². The van der Waals surface area contributed by atoms with E-state index >= 15 is 0 Å². The zero-order valence-electron chi connectivity index (χ0n) is 14.8. The predicted molar refractivity (Wildman–Crippen MR) is 102 cm³/mol. The average molecular weight is 364 g/mol. The Hall–Kier alpha value is -3.21. The number of para-hydroxylation sites is 1. The van der Waals surface area contributed by atoms with Gasteiger partial charge in [-0.2, -0.15) is 5.10 Å². The molecule has 0 N–H and O–H groups in total. The lowest BCUT2D eigenvalue weighted by molar-refractivity contribution is 0.415. The molecule has 3 aromatic carbocycles. The lowest BCUT2D eigenvalue weighted by Gasteiger charge is -2.24. The normalized spacial score (nSPS) is 16.3. The molecule has 1 aliphatic rings. The van der Waals surface area contributed by atoms with E-state index < -0.39 is 0 Å². The van der Waals surface area contributed by atoms with Crippen molar-refractivity contribution in [3.8, 4) is 5.75 Å². The molecular formula is C22H18F2N2O. The highest BCUT2D eigenvalue weighted by Gasteiger charge is 2.31. The smallest absolute Gasteiger partial charge is 0.148 e. The number of hydrogen-bond acceptors (Lipinski definition) is 3. The minimum Gasteiger partial charge on any atom is -0.497 e. The molecule has 1 heterocycles. The highest BCUT2D eigenvalue weighted by atomic mass is 19.1. The molecule has 0 fully saturated rings. The van der Waals surface area contributed by atoms with Gasteiger partial charge in [-0.05, 0) is 59.7 Å². The number of methoxy groups -OCH3 is 1. The summed E-state index contributed by atoms with van der Waals surface area (Å²) in [5.74, 6) is 0.119. The van der Waals surface area contributed by atoms with Crippen LogP contribution in [0.15, 0.2) is 77.9 Å². The van der Waals surface area contributed by atoms with Gasteiger partial charge in [-0.25, -0.2) is 8.78 Å². The zero-order valence-corrected chi connectivity index (χ0v) is 14.8. The summed E-state index contributed by atoms with van der Waals surface area (Å²) < 4.78 is 33.0. The molecule has 4 rings (SSSR count). The fourth-order valence-electron chi connectivity index (χ4n) is 3.27. The quantitative estimate of drug-likeness (QED) is 0.625. The third-order valence-corrected chi connectivity index (χ3v) is 4.69. The largest absolute Gasteiger partial charge is 0.497 e. The topological polar surface area (TPSA) is 24.8 Å². The highest BCUT2D eigenvalue weighted by Crippen LogP contribution is 2.37. The molecule has 0 aliphatic carbocycles. The van der Waals surface area contributed by atoms with Crippen LogP contribution in [0.5, 0.6) is 5.75 Å². The molecule has 3 nitrogen and oxygen atoms in total. The number of halogens is 2. The van der Waals surface area contributed by atoms with Gasteiger partial charge in [-0.15, -0.1) is 0 Å². The van der Waals surface area contributed by atoms with Crippen LogP contribution in [-0.2, 0) is 0 Å². The van der Waals surface area contributed by atoms with Crippen molar-refractivity contribution >= 4 is 11.4 Å². The number of hydrazone groups is 1. The maximum absolute atomic E-state index is 14.4. The highest BCUT2D eigenvalue weighted by molar-refractivity contribution is 6.03. The van der Waals surface area contributed by atoms with Crippen LogP contribution in [0, 0.1) is 11.6 Å². The zero-order chi connectivity index (χ0) is 18.8. The summed E-state index contributed by atoms with van der Waals surface area (Å²) in [5.41, 5.74) is 3.07. The number of rotatable bonds is 4. The molecule has 0 bridgehead atoms. The van der Waals surface area contributed by atoms with Crippen molar-refractivity contribution < 1.29 is 13.5 Å². The number of ether oxygens (including phenoxy) is 1. The molecule has 5 heteroatoms. The standard InChI is InChI=1S/C22H18F2N2O/c1-27-18-12-8-15(9-13-18)20-14-22(16-6-10-17(23)11-7-16)26(25-20)21-5-3-2-4-19(21)24/h2-13,22H,14H2,1H3/t22-/m1/s1. The van der Waals surface area contributed by atoms with E-state index in [9.17, 15) is 8.78 Å². The van der Waals surface area contributed by atoms with Gasteiger partial charge in [-0.1, -0.05) is 24.3 Å². The molecule has 1 atom stereocenters. The summed E-state index contributed by atoms with van der Waals surface area (Å²) in [6.07, 6.45) is 0.590. The Labute approximate surface area is 156 Å². The van der Waals surface area contributed by atoms with Crippen LogP contribution in [0.3, 0.4) is 0 Å². The number of nitrogens with zero attached hydrogens (tertiary/aromatic N) is 2. The molecule has 0 saturated carbocycles. The molecular weight excluding hydrogens is 346 g/mol. The Morgan fingerprint density at radius 1 is 0.926 bits per heavy atom. The van der Waals surface area contributed by atoms with Crippen LogP contribution < -0.4 is 9.75 Å². The Balaban J connectivity index is 1.75. The van der Waals surface area contributed by atoms with Gasteiger partial charge in [0, 0.05) is 6.42 Å². The summed E-state index contributed by atoms with van der Waals surface area (Å²) in [5, 5.41) is 6.38. The van der Waals surface area contributed by atoms with Crippen LogP contribution in [-0.4, -0.2) is 12.8 Å². The molecule has 0 unspecified atom stereocenters. The van der Waals surface area contributed by atoms with E-state index in [-0.39, 0.29) is 17.7 Å².